The Labute approximate surface area is 91.9 Å². The summed E-state index contributed by atoms with van der Waals surface area (Å²) in [4.78, 5) is 10.6. The van der Waals surface area contributed by atoms with E-state index in [4.69, 9.17) is 15.8 Å². The van der Waals surface area contributed by atoms with Gasteiger partial charge in [-0.2, -0.15) is 0 Å². The van der Waals surface area contributed by atoms with Crippen LogP contribution in [0.5, 0.6) is 0 Å². The smallest absolute Gasteiger partial charge is 0.335 e. The van der Waals surface area contributed by atoms with E-state index in [1.807, 2.05) is 0 Å². The van der Waals surface area contributed by atoms with E-state index in [1.54, 1.807) is 13.8 Å². The van der Waals surface area contributed by atoms with Gasteiger partial charge in [0.25, 0.3) is 9.05 Å². The van der Waals surface area contributed by atoms with Gasteiger partial charge in [-0.05, 0) is 37.1 Å². The molecule has 0 saturated heterocycles. The highest BCUT2D eigenvalue weighted by atomic mass is 35.7. The Hall–Kier alpha value is -1.07. The maximum atomic E-state index is 11.2. The van der Waals surface area contributed by atoms with Gasteiger partial charge in [0.05, 0.1) is 10.5 Å². The molecule has 0 aliphatic carbocycles. The van der Waals surface area contributed by atoms with E-state index in [1.165, 1.54) is 6.07 Å². The molecule has 0 bridgehead atoms. The first-order chi connectivity index (χ1) is 6.73. The second kappa shape index (κ2) is 3.83. The van der Waals surface area contributed by atoms with Crippen LogP contribution in [0.2, 0.25) is 0 Å². The maximum absolute atomic E-state index is 11.2. The number of carbonyl (C=O) groups is 1. The first-order valence-electron chi connectivity index (χ1n) is 4.02. The average molecular weight is 249 g/mol. The number of carboxylic acids is 1. The van der Waals surface area contributed by atoms with E-state index in [9.17, 15) is 13.2 Å². The van der Waals surface area contributed by atoms with Crippen molar-refractivity contribution in [2.24, 2.45) is 0 Å². The monoisotopic (exact) mass is 248 g/mol. The van der Waals surface area contributed by atoms with Crippen LogP contribution in [0, 0.1) is 13.8 Å². The van der Waals surface area contributed by atoms with Crippen LogP contribution < -0.4 is 0 Å². The Kier molecular flexibility index (Phi) is 3.06. The Morgan fingerprint density at radius 3 is 2.27 bits per heavy atom. The molecule has 15 heavy (non-hydrogen) atoms. The summed E-state index contributed by atoms with van der Waals surface area (Å²) in [6.45, 7) is 3.21. The number of rotatable bonds is 2. The van der Waals surface area contributed by atoms with Crippen molar-refractivity contribution in [3.05, 3.63) is 28.8 Å². The number of hydrogen-bond acceptors (Lipinski definition) is 3. The molecule has 0 aliphatic rings. The lowest BCUT2D eigenvalue weighted by atomic mass is 10.1. The summed E-state index contributed by atoms with van der Waals surface area (Å²) in [6, 6.07) is 2.47. The molecule has 0 unspecified atom stereocenters. The van der Waals surface area contributed by atoms with E-state index < -0.39 is 15.0 Å². The Bertz CT molecular complexity index is 519. The third-order valence-electron chi connectivity index (χ3n) is 2.13. The highest BCUT2D eigenvalue weighted by molar-refractivity contribution is 8.13. The van der Waals surface area contributed by atoms with Gasteiger partial charge in [0.2, 0.25) is 0 Å². The van der Waals surface area contributed by atoms with E-state index in [0.717, 1.165) is 6.07 Å². The number of aryl methyl sites for hydroxylation is 1. The zero-order chi connectivity index (χ0) is 11.8. The van der Waals surface area contributed by atoms with Crippen molar-refractivity contribution in [2.75, 3.05) is 0 Å². The molecule has 1 aromatic carbocycles. The third kappa shape index (κ3) is 2.49. The van der Waals surface area contributed by atoms with Gasteiger partial charge in [0.1, 0.15) is 0 Å². The molecule has 82 valence electrons. The molecule has 1 N–H and O–H groups in total. The Morgan fingerprint density at radius 1 is 1.33 bits per heavy atom. The standard InChI is InChI=1S/C9H9ClO4S/c1-5-3-7(9(11)12)4-8(6(5)2)15(10,13)14/h3-4H,1-2H3,(H,11,12). The number of carboxylic acid groups (broad SMARTS) is 1. The molecule has 4 nitrogen and oxygen atoms in total. The fourth-order valence-corrected chi connectivity index (χ4v) is 2.48. The van der Waals surface area contributed by atoms with Crippen molar-refractivity contribution in [3.63, 3.8) is 0 Å². The van der Waals surface area contributed by atoms with Crippen molar-refractivity contribution in [2.45, 2.75) is 18.7 Å². The predicted octanol–water partition coefficient (Wildman–Crippen LogP) is 1.93. The molecule has 0 radical (unpaired) electrons. The van der Waals surface area contributed by atoms with Crippen molar-refractivity contribution in [1.29, 1.82) is 0 Å². The van der Waals surface area contributed by atoms with Gasteiger partial charge in [-0.25, -0.2) is 13.2 Å². The fourth-order valence-electron chi connectivity index (χ4n) is 1.20. The minimum absolute atomic E-state index is 0.0858. The van der Waals surface area contributed by atoms with E-state index in [2.05, 4.69) is 0 Å². The molecule has 1 rings (SSSR count). The largest absolute Gasteiger partial charge is 0.478 e. The normalized spacial score (nSPS) is 11.4. The summed E-state index contributed by atoms with van der Waals surface area (Å²) in [5.74, 6) is -1.18. The van der Waals surface area contributed by atoms with Crippen molar-refractivity contribution in [1.82, 2.24) is 0 Å². The quantitative estimate of drug-likeness (QED) is 0.812. The van der Waals surface area contributed by atoms with Crippen LogP contribution >= 0.6 is 10.7 Å². The van der Waals surface area contributed by atoms with E-state index in [-0.39, 0.29) is 10.5 Å². The Balaban J connectivity index is 3.59. The van der Waals surface area contributed by atoms with Crippen LogP contribution in [-0.4, -0.2) is 19.5 Å². The topological polar surface area (TPSA) is 71.4 Å². The van der Waals surface area contributed by atoms with Crippen molar-refractivity contribution in [3.8, 4) is 0 Å². The average Bonchev–Trinajstić information content (AvgIpc) is 2.06. The summed E-state index contributed by atoms with van der Waals surface area (Å²) in [5.41, 5.74) is 0.960. The summed E-state index contributed by atoms with van der Waals surface area (Å²) in [7, 11) is 1.29. The van der Waals surface area contributed by atoms with Gasteiger partial charge in [-0.15, -0.1) is 0 Å². The zero-order valence-corrected chi connectivity index (χ0v) is 9.69. The zero-order valence-electron chi connectivity index (χ0n) is 8.11. The molecule has 0 heterocycles. The van der Waals surface area contributed by atoms with Gasteiger partial charge in [-0.3, -0.25) is 0 Å². The van der Waals surface area contributed by atoms with Crippen LogP contribution in [0.25, 0.3) is 0 Å². The van der Waals surface area contributed by atoms with E-state index >= 15 is 0 Å². The highest BCUT2D eigenvalue weighted by Crippen LogP contribution is 2.24. The highest BCUT2D eigenvalue weighted by Gasteiger charge is 2.18. The maximum Gasteiger partial charge on any atom is 0.335 e. The van der Waals surface area contributed by atoms with Gasteiger partial charge >= 0.3 is 5.97 Å². The molecule has 6 heteroatoms. The molecular weight excluding hydrogens is 240 g/mol. The molecule has 1 aromatic rings. The van der Waals surface area contributed by atoms with E-state index in [0.29, 0.717) is 11.1 Å². The second-order valence-electron chi connectivity index (χ2n) is 3.16. The second-order valence-corrected chi connectivity index (χ2v) is 5.69. The lowest BCUT2D eigenvalue weighted by molar-refractivity contribution is 0.0696. The minimum Gasteiger partial charge on any atom is -0.478 e. The Morgan fingerprint density at radius 2 is 1.87 bits per heavy atom. The van der Waals surface area contributed by atoms with Gasteiger partial charge in [0, 0.05) is 10.7 Å². The third-order valence-corrected chi connectivity index (χ3v) is 3.58. The van der Waals surface area contributed by atoms with Gasteiger partial charge in [-0.1, -0.05) is 0 Å². The van der Waals surface area contributed by atoms with Gasteiger partial charge in [0.15, 0.2) is 0 Å². The van der Waals surface area contributed by atoms with Crippen molar-refractivity contribution < 1.29 is 18.3 Å². The van der Waals surface area contributed by atoms with Crippen LogP contribution in [-0.2, 0) is 9.05 Å². The first kappa shape index (κ1) is 12.0. The SMILES string of the molecule is Cc1cc(C(=O)O)cc(S(=O)(=O)Cl)c1C. The molecular formula is C9H9ClO4S. The van der Waals surface area contributed by atoms with Crippen LogP contribution in [0.1, 0.15) is 21.5 Å². The predicted molar refractivity (Wildman–Crippen MR) is 55.9 cm³/mol. The number of halogens is 1. The van der Waals surface area contributed by atoms with Crippen LogP contribution in [0.15, 0.2) is 17.0 Å². The summed E-state index contributed by atoms with van der Waals surface area (Å²) in [6.07, 6.45) is 0. The lowest BCUT2D eigenvalue weighted by Gasteiger charge is -2.07. The van der Waals surface area contributed by atoms with Crippen LogP contribution in [0.4, 0.5) is 0 Å². The summed E-state index contributed by atoms with van der Waals surface area (Å²) in [5, 5.41) is 8.75. The molecule has 0 aromatic heterocycles. The van der Waals surface area contributed by atoms with Crippen molar-refractivity contribution >= 4 is 25.7 Å². The number of aromatic carboxylic acids is 1. The number of hydrogen-bond donors (Lipinski definition) is 1. The minimum atomic E-state index is -3.90. The molecule has 0 fully saturated rings. The fraction of sp³-hybridized carbons (Fsp3) is 0.222. The molecule has 0 spiro atoms. The lowest BCUT2D eigenvalue weighted by Crippen LogP contribution is -2.03. The number of benzene rings is 1. The summed E-state index contributed by atoms with van der Waals surface area (Å²) < 4.78 is 22.3. The van der Waals surface area contributed by atoms with Gasteiger partial charge < -0.3 is 5.11 Å². The van der Waals surface area contributed by atoms with Crippen LogP contribution in [0.3, 0.4) is 0 Å². The molecule has 0 aliphatic heterocycles. The molecule has 0 amide bonds. The molecule has 0 atom stereocenters. The summed E-state index contributed by atoms with van der Waals surface area (Å²) >= 11 is 0. The molecule has 0 saturated carbocycles. The first-order valence-corrected chi connectivity index (χ1v) is 6.33.